The van der Waals surface area contributed by atoms with Crippen LogP contribution >= 0.6 is 15.9 Å². The minimum absolute atomic E-state index is 0.341. The second-order valence-electron chi connectivity index (χ2n) is 4.78. The Morgan fingerprint density at radius 1 is 1.33 bits per heavy atom. The molecule has 1 aromatic rings. The van der Waals surface area contributed by atoms with Crippen LogP contribution in [-0.4, -0.2) is 38.3 Å². The number of methoxy groups -OCH3 is 1. The van der Waals surface area contributed by atoms with Gasteiger partial charge in [0.25, 0.3) is 0 Å². The Kier molecular flexibility index (Phi) is 6.86. The summed E-state index contributed by atoms with van der Waals surface area (Å²) in [5, 5.41) is 0. The lowest BCUT2D eigenvalue weighted by atomic mass is 10.0. The van der Waals surface area contributed by atoms with Crippen molar-refractivity contribution in [3.63, 3.8) is 0 Å². The minimum Gasteiger partial charge on any atom is -0.384 e. The van der Waals surface area contributed by atoms with Gasteiger partial charge in [0.1, 0.15) is 0 Å². The Labute approximate surface area is 118 Å². The molecule has 4 heteroatoms. The van der Waals surface area contributed by atoms with Gasteiger partial charge in [0.2, 0.25) is 0 Å². The number of hydrogen-bond donors (Lipinski definition) is 1. The molecular weight excluding hydrogens is 292 g/mol. The zero-order valence-corrected chi connectivity index (χ0v) is 13.0. The molecule has 0 aliphatic heterocycles. The largest absolute Gasteiger partial charge is 0.384 e. The first-order valence-corrected chi connectivity index (χ1v) is 7.01. The molecule has 0 heterocycles. The van der Waals surface area contributed by atoms with Crippen LogP contribution < -0.4 is 5.73 Å². The van der Waals surface area contributed by atoms with Gasteiger partial charge in [0.15, 0.2) is 0 Å². The monoisotopic (exact) mass is 314 g/mol. The van der Waals surface area contributed by atoms with Crippen LogP contribution in [-0.2, 0) is 11.3 Å². The highest BCUT2D eigenvalue weighted by Crippen LogP contribution is 2.15. The normalized spacial score (nSPS) is 14.8. The zero-order chi connectivity index (χ0) is 13.5. The van der Waals surface area contributed by atoms with Gasteiger partial charge in [0, 0.05) is 30.7 Å². The van der Waals surface area contributed by atoms with Crippen molar-refractivity contribution >= 4 is 15.9 Å². The molecule has 0 saturated carbocycles. The highest BCUT2D eigenvalue weighted by molar-refractivity contribution is 9.10. The molecule has 0 bridgehead atoms. The van der Waals surface area contributed by atoms with Gasteiger partial charge in [-0.25, -0.2) is 0 Å². The summed E-state index contributed by atoms with van der Waals surface area (Å²) in [4.78, 5) is 2.30. The second-order valence-corrected chi connectivity index (χ2v) is 5.69. The summed E-state index contributed by atoms with van der Waals surface area (Å²) in [5.74, 6) is 0.431. The summed E-state index contributed by atoms with van der Waals surface area (Å²) in [6, 6.07) is 8.75. The smallest absolute Gasteiger partial charge is 0.0503 e. The van der Waals surface area contributed by atoms with E-state index < -0.39 is 0 Å². The number of likely N-dealkylation sites (N-methyl/N-ethyl adjacent to an activating group) is 1. The van der Waals surface area contributed by atoms with Gasteiger partial charge in [0.05, 0.1) is 6.61 Å². The van der Waals surface area contributed by atoms with E-state index in [2.05, 4.69) is 59.1 Å². The molecule has 1 rings (SSSR count). The zero-order valence-electron chi connectivity index (χ0n) is 11.4. The second kappa shape index (κ2) is 7.89. The van der Waals surface area contributed by atoms with Crippen LogP contribution in [0.25, 0.3) is 0 Å². The molecule has 0 fully saturated rings. The SMILES string of the molecule is COCC(C)C(CN)N(C)Cc1ccc(Br)cc1. The lowest BCUT2D eigenvalue weighted by molar-refractivity contribution is 0.0953. The van der Waals surface area contributed by atoms with Crippen LogP contribution in [0.4, 0.5) is 0 Å². The van der Waals surface area contributed by atoms with Gasteiger partial charge in [-0.1, -0.05) is 35.0 Å². The van der Waals surface area contributed by atoms with Gasteiger partial charge in [-0.05, 0) is 30.7 Å². The average molecular weight is 315 g/mol. The van der Waals surface area contributed by atoms with Crippen LogP contribution in [0.2, 0.25) is 0 Å². The van der Waals surface area contributed by atoms with Crippen LogP contribution in [0.3, 0.4) is 0 Å². The number of nitrogens with two attached hydrogens (primary N) is 1. The van der Waals surface area contributed by atoms with E-state index in [1.54, 1.807) is 7.11 Å². The molecule has 3 nitrogen and oxygen atoms in total. The molecule has 2 N–H and O–H groups in total. The van der Waals surface area contributed by atoms with Crippen molar-refractivity contribution in [1.29, 1.82) is 0 Å². The van der Waals surface area contributed by atoms with Gasteiger partial charge in [-0.15, -0.1) is 0 Å². The standard InChI is InChI=1S/C14H23BrN2O/c1-11(10-18-3)14(8-16)17(2)9-12-4-6-13(15)7-5-12/h4-7,11,14H,8-10,16H2,1-3H3. The maximum absolute atomic E-state index is 5.88. The first kappa shape index (κ1) is 15.6. The maximum atomic E-state index is 5.88. The van der Waals surface area contributed by atoms with Crippen molar-refractivity contribution in [3.8, 4) is 0 Å². The predicted molar refractivity (Wildman–Crippen MR) is 79.5 cm³/mol. The molecule has 18 heavy (non-hydrogen) atoms. The third-order valence-electron chi connectivity index (χ3n) is 3.24. The summed E-state index contributed by atoms with van der Waals surface area (Å²) in [6.07, 6.45) is 0. The molecule has 0 radical (unpaired) electrons. The Morgan fingerprint density at radius 2 is 1.94 bits per heavy atom. The quantitative estimate of drug-likeness (QED) is 0.840. The fourth-order valence-corrected chi connectivity index (χ4v) is 2.48. The summed E-state index contributed by atoms with van der Waals surface area (Å²) < 4.78 is 6.32. The van der Waals surface area contributed by atoms with Crippen molar-refractivity contribution in [3.05, 3.63) is 34.3 Å². The number of rotatable bonds is 7. The third-order valence-corrected chi connectivity index (χ3v) is 3.77. The molecule has 0 spiro atoms. The maximum Gasteiger partial charge on any atom is 0.0503 e. The fraction of sp³-hybridized carbons (Fsp3) is 0.571. The minimum atomic E-state index is 0.341. The van der Waals surface area contributed by atoms with Gasteiger partial charge in [-0.2, -0.15) is 0 Å². The third kappa shape index (κ3) is 4.69. The topological polar surface area (TPSA) is 38.5 Å². The molecule has 102 valence electrons. The van der Waals surface area contributed by atoms with Crippen molar-refractivity contribution in [1.82, 2.24) is 4.90 Å². The van der Waals surface area contributed by atoms with E-state index in [-0.39, 0.29) is 0 Å². The molecule has 2 atom stereocenters. The first-order chi connectivity index (χ1) is 8.58. The number of halogens is 1. The molecule has 0 aromatic heterocycles. The van der Waals surface area contributed by atoms with Crippen molar-refractivity contribution in [2.45, 2.75) is 19.5 Å². The van der Waals surface area contributed by atoms with E-state index >= 15 is 0 Å². The molecular formula is C14H23BrN2O. The highest BCUT2D eigenvalue weighted by Gasteiger charge is 2.20. The number of hydrogen-bond acceptors (Lipinski definition) is 3. The number of ether oxygens (including phenoxy) is 1. The summed E-state index contributed by atoms with van der Waals surface area (Å²) in [7, 11) is 3.85. The molecule has 1 aromatic carbocycles. The molecule has 0 saturated heterocycles. The van der Waals surface area contributed by atoms with Gasteiger partial charge >= 0.3 is 0 Å². The Bertz CT molecular complexity index is 342. The Hall–Kier alpha value is -0.420. The van der Waals surface area contributed by atoms with E-state index in [0.29, 0.717) is 18.5 Å². The van der Waals surface area contributed by atoms with Gasteiger partial charge < -0.3 is 10.5 Å². The lowest BCUT2D eigenvalue weighted by Gasteiger charge is -2.31. The number of nitrogens with zero attached hydrogens (tertiary/aromatic N) is 1. The van der Waals surface area contributed by atoms with Gasteiger partial charge in [-0.3, -0.25) is 4.90 Å². The van der Waals surface area contributed by atoms with E-state index in [9.17, 15) is 0 Å². The summed E-state index contributed by atoms with van der Waals surface area (Å²) in [6.45, 7) is 4.48. The predicted octanol–water partition coefficient (Wildman–Crippen LogP) is 2.49. The summed E-state index contributed by atoms with van der Waals surface area (Å²) >= 11 is 3.45. The van der Waals surface area contributed by atoms with E-state index in [0.717, 1.165) is 17.6 Å². The van der Waals surface area contributed by atoms with E-state index in [1.165, 1.54) is 5.56 Å². The molecule has 0 aliphatic rings. The highest BCUT2D eigenvalue weighted by atomic mass is 79.9. The van der Waals surface area contributed by atoms with Crippen LogP contribution in [0.1, 0.15) is 12.5 Å². The van der Waals surface area contributed by atoms with Crippen LogP contribution in [0.5, 0.6) is 0 Å². The Morgan fingerprint density at radius 3 is 2.44 bits per heavy atom. The number of benzene rings is 1. The van der Waals surface area contributed by atoms with Crippen molar-refractivity contribution in [2.75, 3.05) is 27.3 Å². The lowest BCUT2D eigenvalue weighted by Crippen LogP contribution is -2.43. The van der Waals surface area contributed by atoms with Crippen molar-refractivity contribution < 1.29 is 4.74 Å². The fourth-order valence-electron chi connectivity index (χ4n) is 2.22. The van der Waals surface area contributed by atoms with E-state index in [1.807, 2.05) is 0 Å². The molecule has 0 aliphatic carbocycles. The molecule has 2 unspecified atom stereocenters. The van der Waals surface area contributed by atoms with Crippen molar-refractivity contribution in [2.24, 2.45) is 11.7 Å². The van der Waals surface area contributed by atoms with Crippen LogP contribution in [0, 0.1) is 5.92 Å². The average Bonchev–Trinajstić information content (AvgIpc) is 2.33. The molecule has 0 amide bonds. The summed E-state index contributed by atoms with van der Waals surface area (Å²) in [5.41, 5.74) is 7.17. The first-order valence-electron chi connectivity index (χ1n) is 6.22. The van der Waals surface area contributed by atoms with E-state index in [4.69, 9.17) is 10.5 Å². The Balaban J connectivity index is 2.61. The van der Waals surface area contributed by atoms with Crippen LogP contribution in [0.15, 0.2) is 28.7 Å².